The molecular weight excluding hydrogens is 198 g/mol. The molecule has 2 N–H and O–H groups in total. The van der Waals surface area contributed by atoms with Gasteiger partial charge in [0.15, 0.2) is 0 Å². The van der Waals surface area contributed by atoms with Crippen molar-refractivity contribution in [1.82, 2.24) is 5.32 Å². The fourth-order valence-electron chi connectivity index (χ4n) is 1.22. The first kappa shape index (κ1) is 12.0. The molecule has 5 nitrogen and oxygen atoms in total. The van der Waals surface area contributed by atoms with Gasteiger partial charge in [0.1, 0.15) is 11.6 Å². The molecule has 1 fully saturated rings. The topological polar surface area (TPSA) is 75.6 Å². The van der Waals surface area contributed by atoms with Crippen molar-refractivity contribution in [3.8, 4) is 0 Å². The van der Waals surface area contributed by atoms with Crippen LogP contribution in [-0.4, -0.2) is 35.7 Å². The molecule has 0 radical (unpaired) electrons. The Bertz CT molecular complexity index is 271. The fourth-order valence-corrected chi connectivity index (χ4v) is 1.22. The van der Waals surface area contributed by atoms with Crippen molar-refractivity contribution < 1.29 is 19.4 Å². The van der Waals surface area contributed by atoms with Gasteiger partial charge in [-0.05, 0) is 32.6 Å². The molecule has 1 unspecified atom stereocenters. The minimum absolute atomic E-state index is 0.0825. The zero-order valence-corrected chi connectivity index (χ0v) is 9.24. The number of amides is 1. The van der Waals surface area contributed by atoms with E-state index in [1.165, 1.54) is 7.11 Å². The minimum atomic E-state index is -0.984. The van der Waals surface area contributed by atoms with Gasteiger partial charge in [-0.25, -0.2) is 4.79 Å². The average molecular weight is 215 g/mol. The Labute approximate surface area is 88.8 Å². The number of hydrogen-bond acceptors (Lipinski definition) is 3. The number of carboxylic acids is 1. The monoisotopic (exact) mass is 215 g/mol. The predicted molar refractivity (Wildman–Crippen MR) is 53.4 cm³/mol. The molecule has 0 aromatic rings. The lowest BCUT2D eigenvalue weighted by Gasteiger charge is -2.24. The highest BCUT2D eigenvalue weighted by molar-refractivity contribution is 5.89. The van der Waals surface area contributed by atoms with Gasteiger partial charge in [-0.3, -0.25) is 4.79 Å². The van der Waals surface area contributed by atoms with Crippen molar-refractivity contribution >= 4 is 11.9 Å². The maximum atomic E-state index is 11.6. The predicted octanol–water partition coefficient (Wildman–Crippen LogP) is 0.391. The number of hydrogen-bond donors (Lipinski definition) is 2. The van der Waals surface area contributed by atoms with E-state index in [9.17, 15) is 9.59 Å². The van der Waals surface area contributed by atoms with E-state index in [-0.39, 0.29) is 11.8 Å². The third-order valence-corrected chi connectivity index (χ3v) is 2.70. The Kier molecular flexibility index (Phi) is 3.34. The molecule has 1 aliphatic rings. The average Bonchev–Trinajstić information content (AvgIpc) is 2.96. The molecule has 0 heterocycles. The number of nitrogens with one attached hydrogen (secondary N) is 1. The molecule has 1 amide bonds. The van der Waals surface area contributed by atoms with Crippen LogP contribution in [0.5, 0.6) is 0 Å². The van der Waals surface area contributed by atoms with Gasteiger partial charge in [-0.1, -0.05) is 0 Å². The molecule has 0 aromatic carbocycles. The van der Waals surface area contributed by atoms with Crippen molar-refractivity contribution in [2.75, 3.05) is 7.11 Å². The van der Waals surface area contributed by atoms with E-state index >= 15 is 0 Å². The van der Waals surface area contributed by atoms with Crippen LogP contribution in [0, 0.1) is 5.92 Å². The lowest BCUT2D eigenvalue weighted by Crippen LogP contribution is -2.51. The Morgan fingerprint density at radius 2 is 2.00 bits per heavy atom. The summed E-state index contributed by atoms with van der Waals surface area (Å²) in [4.78, 5) is 22.5. The molecule has 1 rings (SSSR count). The highest BCUT2D eigenvalue weighted by Gasteiger charge is 2.39. The molecular formula is C10H17NO4. The lowest BCUT2D eigenvalue weighted by molar-refractivity contribution is -0.147. The molecule has 5 heteroatoms. The number of carboxylic acid groups (broad SMARTS) is 1. The summed E-state index contributed by atoms with van der Waals surface area (Å²) in [5.74, 6) is -1.28. The second-order valence-electron chi connectivity index (χ2n) is 4.34. The third kappa shape index (κ3) is 2.92. The van der Waals surface area contributed by atoms with Gasteiger partial charge in [0.25, 0.3) is 5.91 Å². The van der Waals surface area contributed by atoms with Crippen LogP contribution in [0.25, 0.3) is 0 Å². The number of aliphatic carboxylic acids is 1. The zero-order chi connectivity index (χ0) is 11.6. The number of rotatable bonds is 5. The van der Waals surface area contributed by atoms with E-state index < -0.39 is 17.6 Å². The van der Waals surface area contributed by atoms with Crippen molar-refractivity contribution in [2.24, 2.45) is 5.92 Å². The van der Waals surface area contributed by atoms with Crippen LogP contribution in [0.3, 0.4) is 0 Å². The maximum absolute atomic E-state index is 11.6. The number of ether oxygens (including phenoxy) is 1. The highest BCUT2D eigenvalue weighted by Crippen LogP contribution is 2.33. The maximum Gasteiger partial charge on any atom is 0.326 e. The van der Waals surface area contributed by atoms with Crippen LogP contribution in [0.4, 0.5) is 0 Å². The molecule has 0 aromatic heterocycles. The lowest BCUT2D eigenvalue weighted by atomic mass is 10.1. The number of carbonyl (C=O) groups excluding carboxylic acids is 1. The van der Waals surface area contributed by atoms with Gasteiger partial charge in [-0.2, -0.15) is 0 Å². The van der Waals surface area contributed by atoms with Crippen LogP contribution in [0.1, 0.15) is 26.7 Å². The van der Waals surface area contributed by atoms with Gasteiger partial charge < -0.3 is 15.2 Å². The first-order valence-corrected chi connectivity index (χ1v) is 4.97. The van der Waals surface area contributed by atoms with E-state index in [1.807, 2.05) is 0 Å². The third-order valence-electron chi connectivity index (χ3n) is 2.70. The summed E-state index contributed by atoms with van der Waals surface area (Å²) in [7, 11) is 1.42. The summed E-state index contributed by atoms with van der Waals surface area (Å²) in [5.41, 5.74) is -0.984. The molecule has 0 bridgehead atoms. The van der Waals surface area contributed by atoms with Crippen LogP contribution in [-0.2, 0) is 14.3 Å². The van der Waals surface area contributed by atoms with Crippen LogP contribution >= 0.6 is 0 Å². The molecule has 86 valence electrons. The largest absolute Gasteiger partial charge is 0.480 e. The first-order valence-electron chi connectivity index (χ1n) is 4.97. The van der Waals surface area contributed by atoms with Crippen LogP contribution in [0.15, 0.2) is 0 Å². The van der Waals surface area contributed by atoms with E-state index in [1.54, 1.807) is 13.8 Å². The second-order valence-corrected chi connectivity index (χ2v) is 4.34. The van der Waals surface area contributed by atoms with Gasteiger partial charge in [0.05, 0.1) is 0 Å². The normalized spacial score (nSPS) is 18.3. The standard InChI is InChI=1S/C10H17NO4/c1-10(2,15-3)9(14)11-7(8(12)13)6-4-5-6/h6-7H,4-5H2,1-3H3,(H,11,14)(H,12,13). The number of methoxy groups -OCH3 is 1. The van der Waals surface area contributed by atoms with Crippen molar-refractivity contribution in [3.05, 3.63) is 0 Å². The summed E-state index contributed by atoms with van der Waals surface area (Å²) < 4.78 is 4.98. The van der Waals surface area contributed by atoms with Gasteiger partial charge in [0.2, 0.25) is 0 Å². The molecule has 1 aliphatic carbocycles. The molecule has 1 saturated carbocycles. The molecule has 1 atom stereocenters. The minimum Gasteiger partial charge on any atom is -0.480 e. The molecule has 0 aliphatic heterocycles. The Morgan fingerprint density at radius 1 is 1.47 bits per heavy atom. The van der Waals surface area contributed by atoms with E-state index in [2.05, 4.69) is 5.32 Å². The smallest absolute Gasteiger partial charge is 0.326 e. The summed E-state index contributed by atoms with van der Waals surface area (Å²) in [6.45, 7) is 3.21. The van der Waals surface area contributed by atoms with E-state index in [0.29, 0.717) is 0 Å². The SMILES string of the molecule is COC(C)(C)C(=O)NC(C(=O)O)C1CC1. The molecule has 15 heavy (non-hydrogen) atoms. The van der Waals surface area contributed by atoms with Gasteiger partial charge >= 0.3 is 5.97 Å². The van der Waals surface area contributed by atoms with Crippen LogP contribution in [0.2, 0.25) is 0 Å². The van der Waals surface area contributed by atoms with Crippen LogP contribution < -0.4 is 5.32 Å². The Morgan fingerprint density at radius 3 is 2.33 bits per heavy atom. The Balaban J connectivity index is 2.58. The second kappa shape index (κ2) is 4.18. The number of carbonyl (C=O) groups is 2. The fraction of sp³-hybridized carbons (Fsp3) is 0.800. The first-order chi connectivity index (χ1) is 6.88. The highest BCUT2D eigenvalue weighted by atomic mass is 16.5. The van der Waals surface area contributed by atoms with Crippen molar-refractivity contribution in [2.45, 2.75) is 38.3 Å². The Hall–Kier alpha value is -1.10. The van der Waals surface area contributed by atoms with Crippen molar-refractivity contribution in [1.29, 1.82) is 0 Å². The van der Waals surface area contributed by atoms with E-state index in [0.717, 1.165) is 12.8 Å². The van der Waals surface area contributed by atoms with Gasteiger partial charge in [0, 0.05) is 7.11 Å². The zero-order valence-electron chi connectivity index (χ0n) is 9.24. The summed E-state index contributed by atoms with van der Waals surface area (Å²) >= 11 is 0. The van der Waals surface area contributed by atoms with E-state index in [4.69, 9.17) is 9.84 Å². The van der Waals surface area contributed by atoms with Crippen molar-refractivity contribution in [3.63, 3.8) is 0 Å². The summed E-state index contributed by atoms with van der Waals surface area (Å²) in [5, 5.41) is 11.4. The molecule has 0 saturated heterocycles. The molecule has 0 spiro atoms. The summed E-state index contributed by atoms with van der Waals surface area (Å²) in [6, 6.07) is -0.771. The quantitative estimate of drug-likeness (QED) is 0.695. The summed E-state index contributed by atoms with van der Waals surface area (Å²) in [6.07, 6.45) is 1.73. The van der Waals surface area contributed by atoms with Gasteiger partial charge in [-0.15, -0.1) is 0 Å².